The van der Waals surface area contributed by atoms with E-state index in [4.69, 9.17) is 9.47 Å². The highest BCUT2D eigenvalue weighted by Crippen LogP contribution is 2.41. The van der Waals surface area contributed by atoms with Crippen LogP contribution in [0.2, 0.25) is 0 Å². The maximum absolute atomic E-state index is 11.9. The third kappa shape index (κ3) is 5.46. The van der Waals surface area contributed by atoms with Gasteiger partial charge in [-0.25, -0.2) is 5.43 Å². The van der Waals surface area contributed by atoms with Gasteiger partial charge in [0.15, 0.2) is 18.1 Å². The number of nitrogens with one attached hydrogen (secondary N) is 1. The Balaban J connectivity index is 2.00. The van der Waals surface area contributed by atoms with E-state index in [9.17, 15) is 9.90 Å². The number of rotatable bonds is 7. The largest absolute Gasteiger partial charge is 0.503 e. The number of aryl methyl sites for hydroxylation is 1. The number of benzene rings is 2. The van der Waals surface area contributed by atoms with Crippen LogP contribution < -0.4 is 14.9 Å². The third-order valence-corrected chi connectivity index (χ3v) is 5.94. The molecule has 2 N–H and O–H groups in total. The Morgan fingerprint density at radius 1 is 1.22 bits per heavy atom. The number of carbonyl (C=O) groups excluding carboxylic acids is 1. The highest BCUT2D eigenvalue weighted by atomic mass is 79.9. The number of hydrogen-bond acceptors (Lipinski definition) is 5. The SMILES string of the molecule is CCOc1cc(/C=N/NC(=O)COc2cccc(C)c2C)c(Br)c(Br)c1O. The van der Waals surface area contributed by atoms with Gasteiger partial charge >= 0.3 is 0 Å². The maximum atomic E-state index is 11.9. The predicted molar refractivity (Wildman–Crippen MR) is 112 cm³/mol. The number of halogens is 2. The minimum Gasteiger partial charge on any atom is -0.503 e. The van der Waals surface area contributed by atoms with Crippen molar-refractivity contribution in [2.45, 2.75) is 20.8 Å². The van der Waals surface area contributed by atoms with Crippen molar-refractivity contribution in [3.8, 4) is 17.2 Å². The molecule has 0 aliphatic heterocycles. The zero-order valence-electron chi connectivity index (χ0n) is 15.2. The van der Waals surface area contributed by atoms with Crippen LogP contribution in [0.15, 0.2) is 38.3 Å². The van der Waals surface area contributed by atoms with Crippen molar-refractivity contribution in [3.05, 3.63) is 49.9 Å². The number of nitrogens with zero attached hydrogens (tertiary/aromatic N) is 1. The van der Waals surface area contributed by atoms with Crippen molar-refractivity contribution >= 4 is 44.0 Å². The molecule has 0 aliphatic carbocycles. The number of ether oxygens (including phenoxy) is 2. The van der Waals surface area contributed by atoms with Gasteiger partial charge in [-0.05, 0) is 75.9 Å². The van der Waals surface area contributed by atoms with Crippen molar-refractivity contribution < 1.29 is 19.4 Å². The standard InChI is InChI=1S/C19H20Br2N2O4/c1-4-26-15-8-13(17(20)18(21)19(15)25)9-22-23-16(24)10-27-14-7-5-6-11(2)12(14)3/h5-9,25H,4,10H2,1-3H3,(H,23,24)/b22-9+. The summed E-state index contributed by atoms with van der Waals surface area (Å²) in [7, 11) is 0. The summed E-state index contributed by atoms with van der Waals surface area (Å²) >= 11 is 6.66. The van der Waals surface area contributed by atoms with Gasteiger partial charge in [0.25, 0.3) is 5.91 Å². The molecule has 0 radical (unpaired) electrons. The zero-order chi connectivity index (χ0) is 20.0. The van der Waals surface area contributed by atoms with Gasteiger partial charge in [0, 0.05) is 10.0 Å². The van der Waals surface area contributed by atoms with Gasteiger partial charge < -0.3 is 14.6 Å². The zero-order valence-corrected chi connectivity index (χ0v) is 18.3. The number of phenolic OH excluding ortho intramolecular Hbond substituents is 1. The van der Waals surface area contributed by atoms with Crippen LogP contribution in [0.25, 0.3) is 0 Å². The van der Waals surface area contributed by atoms with Crippen molar-refractivity contribution in [3.63, 3.8) is 0 Å². The summed E-state index contributed by atoms with van der Waals surface area (Å²) in [6.07, 6.45) is 1.45. The van der Waals surface area contributed by atoms with E-state index in [1.807, 2.05) is 39.0 Å². The topological polar surface area (TPSA) is 80.2 Å². The number of aromatic hydroxyl groups is 1. The summed E-state index contributed by atoms with van der Waals surface area (Å²) in [6, 6.07) is 7.30. The Bertz CT molecular complexity index is 869. The average molecular weight is 500 g/mol. The summed E-state index contributed by atoms with van der Waals surface area (Å²) in [5.41, 5.74) is 5.13. The Morgan fingerprint density at radius 3 is 2.67 bits per heavy atom. The summed E-state index contributed by atoms with van der Waals surface area (Å²) in [5, 5.41) is 14.0. The molecule has 8 heteroatoms. The lowest BCUT2D eigenvalue weighted by Gasteiger charge is -2.11. The fourth-order valence-corrected chi connectivity index (χ4v) is 3.03. The lowest BCUT2D eigenvalue weighted by atomic mass is 10.1. The number of carbonyl (C=O) groups is 1. The molecular formula is C19H20Br2N2O4. The molecule has 27 heavy (non-hydrogen) atoms. The van der Waals surface area contributed by atoms with E-state index in [-0.39, 0.29) is 18.3 Å². The minimum atomic E-state index is -0.383. The van der Waals surface area contributed by atoms with Crippen LogP contribution in [0.5, 0.6) is 17.2 Å². The van der Waals surface area contributed by atoms with Gasteiger partial charge in [0.1, 0.15) is 5.75 Å². The lowest BCUT2D eigenvalue weighted by molar-refractivity contribution is -0.123. The van der Waals surface area contributed by atoms with E-state index in [2.05, 4.69) is 42.4 Å². The first-order valence-electron chi connectivity index (χ1n) is 8.19. The van der Waals surface area contributed by atoms with E-state index in [1.165, 1.54) is 6.21 Å². The normalized spacial score (nSPS) is 10.9. The first kappa shape index (κ1) is 21.2. The average Bonchev–Trinajstić information content (AvgIpc) is 2.65. The van der Waals surface area contributed by atoms with Crippen LogP contribution in [-0.4, -0.2) is 30.4 Å². The Kier molecular flexibility index (Phi) is 7.67. The predicted octanol–water partition coefficient (Wildman–Crippen LogP) is 4.46. The highest BCUT2D eigenvalue weighted by Gasteiger charge is 2.14. The fraction of sp³-hybridized carbons (Fsp3) is 0.263. The molecule has 0 aromatic heterocycles. The second-order valence-corrected chi connectivity index (χ2v) is 7.24. The molecule has 0 heterocycles. The number of phenols is 1. The molecule has 2 rings (SSSR count). The van der Waals surface area contributed by atoms with Crippen molar-refractivity contribution in [2.75, 3.05) is 13.2 Å². The smallest absolute Gasteiger partial charge is 0.277 e. The first-order chi connectivity index (χ1) is 12.8. The Morgan fingerprint density at radius 2 is 1.96 bits per heavy atom. The molecule has 0 unspecified atom stereocenters. The van der Waals surface area contributed by atoms with Gasteiger partial charge in [0.2, 0.25) is 0 Å². The molecule has 0 aliphatic rings. The van der Waals surface area contributed by atoms with Crippen LogP contribution in [-0.2, 0) is 4.79 Å². The quantitative estimate of drug-likeness (QED) is 0.435. The van der Waals surface area contributed by atoms with Gasteiger partial charge in [-0.15, -0.1) is 0 Å². The van der Waals surface area contributed by atoms with Crippen molar-refractivity contribution in [1.82, 2.24) is 5.43 Å². The molecule has 2 aromatic carbocycles. The van der Waals surface area contributed by atoms with Crippen LogP contribution in [0, 0.1) is 13.8 Å². The number of amides is 1. The highest BCUT2D eigenvalue weighted by molar-refractivity contribution is 9.13. The number of hydrogen-bond donors (Lipinski definition) is 2. The van der Waals surface area contributed by atoms with E-state index in [0.29, 0.717) is 32.6 Å². The lowest BCUT2D eigenvalue weighted by Crippen LogP contribution is -2.24. The molecule has 0 fully saturated rings. The van der Waals surface area contributed by atoms with Gasteiger partial charge in [-0.1, -0.05) is 12.1 Å². The summed E-state index contributed by atoms with van der Waals surface area (Å²) in [5.74, 6) is 0.595. The molecule has 1 amide bonds. The van der Waals surface area contributed by atoms with Crippen molar-refractivity contribution in [2.24, 2.45) is 5.10 Å². The third-order valence-electron chi connectivity index (χ3n) is 3.78. The molecule has 2 aromatic rings. The minimum absolute atomic E-state index is 0.00756. The molecule has 144 valence electrons. The molecular weight excluding hydrogens is 480 g/mol. The monoisotopic (exact) mass is 498 g/mol. The molecule has 0 saturated carbocycles. The van der Waals surface area contributed by atoms with E-state index in [1.54, 1.807) is 6.07 Å². The van der Waals surface area contributed by atoms with Crippen molar-refractivity contribution in [1.29, 1.82) is 0 Å². The molecule has 0 atom stereocenters. The molecule has 0 saturated heterocycles. The van der Waals surface area contributed by atoms with E-state index >= 15 is 0 Å². The van der Waals surface area contributed by atoms with Crippen LogP contribution in [0.1, 0.15) is 23.6 Å². The van der Waals surface area contributed by atoms with Gasteiger partial charge in [0.05, 0.1) is 17.3 Å². The molecule has 0 spiro atoms. The first-order valence-corrected chi connectivity index (χ1v) is 9.78. The van der Waals surface area contributed by atoms with E-state index < -0.39 is 0 Å². The van der Waals surface area contributed by atoms with Crippen LogP contribution >= 0.6 is 31.9 Å². The Hall–Kier alpha value is -2.06. The maximum Gasteiger partial charge on any atom is 0.277 e. The Labute approximate surface area is 174 Å². The molecule has 6 nitrogen and oxygen atoms in total. The molecule has 0 bridgehead atoms. The van der Waals surface area contributed by atoms with Crippen LogP contribution in [0.4, 0.5) is 0 Å². The second kappa shape index (κ2) is 9.75. The number of hydrazone groups is 1. The summed E-state index contributed by atoms with van der Waals surface area (Å²) in [6.45, 7) is 6.00. The van der Waals surface area contributed by atoms with Gasteiger partial charge in [-0.2, -0.15) is 5.10 Å². The second-order valence-electron chi connectivity index (χ2n) is 5.65. The van der Waals surface area contributed by atoms with Gasteiger partial charge in [-0.3, -0.25) is 4.79 Å². The van der Waals surface area contributed by atoms with Crippen LogP contribution in [0.3, 0.4) is 0 Å². The fourth-order valence-electron chi connectivity index (χ4n) is 2.20. The summed E-state index contributed by atoms with van der Waals surface area (Å²) < 4.78 is 11.9. The van der Waals surface area contributed by atoms with E-state index in [0.717, 1.165) is 11.1 Å². The summed E-state index contributed by atoms with van der Waals surface area (Å²) in [4.78, 5) is 11.9.